The summed E-state index contributed by atoms with van der Waals surface area (Å²) in [7, 11) is 0. The zero-order chi connectivity index (χ0) is 14.9. The molecule has 1 aliphatic heterocycles. The number of halogens is 1. The van der Waals surface area contributed by atoms with Crippen LogP contribution in [-0.2, 0) is 10.5 Å². The van der Waals surface area contributed by atoms with Crippen LogP contribution in [0.15, 0.2) is 12.1 Å². The van der Waals surface area contributed by atoms with Gasteiger partial charge in [0, 0.05) is 6.54 Å². The molecule has 0 saturated carbocycles. The van der Waals surface area contributed by atoms with Crippen LogP contribution < -0.4 is 15.2 Å². The molecule has 1 aromatic rings. The van der Waals surface area contributed by atoms with Crippen molar-refractivity contribution in [3.05, 3.63) is 23.3 Å². The van der Waals surface area contributed by atoms with E-state index in [1.165, 1.54) is 26.0 Å². The van der Waals surface area contributed by atoms with E-state index in [2.05, 4.69) is 0 Å². The quantitative estimate of drug-likeness (QED) is 0.880. The number of hydrogen-bond acceptors (Lipinski definition) is 4. The molecule has 0 amide bonds. The SMILES string of the molecule is CC(C)(F)c1cc2c(cc1C(CN)C(=O)O)OCCO2. The van der Waals surface area contributed by atoms with Crippen molar-refractivity contribution in [2.75, 3.05) is 19.8 Å². The predicted molar refractivity (Wildman–Crippen MR) is 71.0 cm³/mol. The van der Waals surface area contributed by atoms with E-state index in [1.807, 2.05) is 0 Å². The second-order valence-electron chi connectivity index (χ2n) is 5.18. The molecule has 0 saturated heterocycles. The van der Waals surface area contributed by atoms with Gasteiger partial charge >= 0.3 is 5.97 Å². The van der Waals surface area contributed by atoms with Gasteiger partial charge in [0.05, 0.1) is 5.92 Å². The molecule has 6 heteroatoms. The van der Waals surface area contributed by atoms with Crippen molar-refractivity contribution < 1.29 is 23.8 Å². The molecule has 3 N–H and O–H groups in total. The highest BCUT2D eigenvalue weighted by Gasteiger charge is 2.31. The second kappa shape index (κ2) is 5.28. The minimum Gasteiger partial charge on any atom is -0.486 e. The Labute approximate surface area is 116 Å². The fraction of sp³-hybridized carbons (Fsp3) is 0.500. The monoisotopic (exact) mass is 283 g/mol. The minimum absolute atomic E-state index is 0.113. The summed E-state index contributed by atoms with van der Waals surface area (Å²) in [5.41, 5.74) is 4.41. The maximum Gasteiger partial charge on any atom is 0.312 e. The Morgan fingerprint density at radius 2 is 1.95 bits per heavy atom. The van der Waals surface area contributed by atoms with Crippen molar-refractivity contribution in [3.8, 4) is 11.5 Å². The maximum absolute atomic E-state index is 14.4. The molecular formula is C14H18FNO4. The Kier molecular flexibility index (Phi) is 3.85. The number of alkyl halides is 1. The van der Waals surface area contributed by atoms with Crippen LogP contribution in [-0.4, -0.2) is 30.8 Å². The molecule has 110 valence electrons. The highest BCUT2D eigenvalue weighted by atomic mass is 19.1. The molecular weight excluding hydrogens is 265 g/mol. The molecule has 0 aromatic heterocycles. The molecule has 0 aliphatic carbocycles. The predicted octanol–water partition coefficient (Wildman–Crippen LogP) is 1.79. The van der Waals surface area contributed by atoms with Crippen molar-refractivity contribution in [3.63, 3.8) is 0 Å². The van der Waals surface area contributed by atoms with Crippen molar-refractivity contribution in [2.24, 2.45) is 5.73 Å². The number of benzene rings is 1. The Morgan fingerprint density at radius 1 is 1.40 bits per heavy atom. The maximum atomic E-state index is 14.4. The number of carbonyl (C=O) groups is 1. The molecule has 1 unspecified atom stereocenters. The lowest BCUT2D eigenvalue weighted by Crippen LogP contribution is -2.26. The van der Waals surface area contributed by atoms with Gasteiger partial charge in [-0.15, -0.1) is 0 Å². The van der Waals surface area contributed by atoms with E-state index in [0.717, 1.165) is 0 Å². The molecule has 0 spiro atoms. The van der Waals surface area contributed by atoms with Crippen LogP contribution in [0, 0.1) is 0 Å². The van der Waals surface area contributed by atoms with Gasteiger partial charge in [-0.2, -0.15) is 0 Å². The number of nitrogens with two attached hydrogens (primary N) is 1. The van der Waals surface area contributed by atoms with Crippen LogP contribution in [0.5, 0.6) is 11.5 Å². The Hall–Kier alpha value is -1.82. The zero-order valence-corrected chi connectivity index (χ0v) is 11.5. The normalized spacial score (nSPS) is 15.8. The Balaban J connectivity index is 2.60. The summed E-state index contributed by atoms with van der Waals surface area (Å²) in [6.07, 6.45) is 0. The van der Waals surface area contributed by atoms with Gasteiger partial charge in [0.15, 0.2) is 11.5 Å². The van der Waals surface area contributed by atoms with Crippen molar-refractivity contribution in [1.82, 2.24) is 0 Å². The Bertz CT molecular complexity index is 525. The molecule has 5 nitrogen and oxygen atoms in total. The number of hydrogen-bond donors (Lipinski definition) is 2. The van der Waals surface area contributed by atoms with Gasteiger partial charge in [0.2, 0.25) is 0 Å². The van der Waals surface area contributed by atoms with E-state index < -0.39 is 17.6 Å². The van der Waals surface area contributed by atoms with Crippen molar-refractivity contribution >= 4 is 5.97 Å². The topological polar surface area (TPSA) is 81.8 Å². The van der Waals surface area contributed by atoms with E-state index in [4.69, 9.17) is 15.2 Å². The summed E-state index contributed by atoms with van der Waals surface area (Å²) >= 11 is 0. The molecule has 0 radical (unpaired) electrons. The third-order valence-corrected chi connectivity index (χ3v) is 3.26. The highest BCUT2D eigenvalue weighted by molar-refractivity contribution is 5.77. The molecule has 20 heavy (non-hydrogen) atoms. The van der Waals surface area contributed by atoms with Crippen LogP contribution in [0.2, 0.25) is 0 Å². The molecule has 1 atom stereocenters. The minimum atomic E-state index is -1.70. The first-order chi connectivity index (χ1) is 9.34. The smallest absolute Gasteiger partial charge is 0.312 e. The number of rotatable bonds is 4. The lowest BCUT2D eigenvalue weighted by atomic mass is 9.86. The molecule has 0 bridgehead atoms. The van der Waals surface area contributed by atoms with Crippen molar-refractivity contribution in [2.45, 2.75) is 25.4 Å². The first kappa shape index (κ1) is 14.6. The van der Waals surface area contributed by atoms with E-state index >= 15 is 0 Å². The van der Waals surface area contributed by atoms with Gasteiger partial charge < -0.3 is 20.3 Å². The number of carboxylic acid groups (broad SMARTS) is 1. The van der Waals surface area contributed by atoms with Gasteiger partial charge in [-0.25, -0.2) is 4.39 Å². The summed E-state index contributed by atoms with van der Waals surface area (Å²) in [6.45, 7) is 3.40. The third kappa shape index (κ3) is 2.70. The van der Waals surface area contributed by atoms with E-state index in [-0.39, 0.29) is 12.1 Å². The average molecular weight is 283 g/mol. The molecule has 0 fully saturated rings. The second-order valence-corrected chi connectivity index (χ2v) is 5.18. The fourth-order valence-electron chi connectivity index (χ4n) is 2.27. The van der Waals surface area contributed by atoms with E-state index in [1.54, 1.807) is 0 Å². The number of ether oxygens (including phenoxy) is 2. The zero-order valence-electron chi connectivity index (χ0n) is 11.5. The largest absolute Gasteiger partial charge is 0.486 e. The fourth-order valence-corrected chi connectivity index (χ4v) is 2.27. The van der Waals surface area contributed by atoms with Crippen LogP contribution in [0.25, 0.3) is 0 Å². The first-order valence-corrected chi connectivity index (χ1v) is 6.40. The van der Waals surface area contributed by atoms with Gasteiger partial charge in [0.1, 0.15) is 18.9 Å². The van der Waals surface area contributed by atoms with Crippen LogP contribution >= 0.6 is 0 Å². The number of aliphatic carboxylic acids is 1. The molecule has 1 aromatic carbocycles. The third-order valence-electron chi connectivity index (χ3n) is 3.26. The van der Waals surface area contributed by atoms with E-state index in [0.29, 0.717) is 30.3 Å². The molecule has 2 rings (SSSR count). The van der Waals surface area contributed by atoms with Crippen molar-refractivity contribution in [1.29, 1.82) is 0 Å². The summed E-state index contributed by atoms with van der Waals surface area (Å²) in [4.78, 5) is 11.3. The van der Waals surface area contributed by atoms with Gasteiger partial charge in [0.25, 0.3) is 0 Å². The van der Waals surface area contributed by atoms with Gasteiger partial charge in [-0.1, -0.05) is 0 Å². The molecule has 1 aliphatic rings. The standard InChI is InChI=1S/C14H18FNO4/c1-14(2,15)10-6-12-11(19-3-4-20-12)5-8(10)9(7-16)13(17)18/h5-6,9H,3-4,7,16H2,1-2H3,(H,17,18). The highest BCUT2D eigenvalue weighted by Crippen LogP contribution is 2.41. The summed E-state index contributed by atoms with van der Waals surface area (Å²) < 4.78 is 25.2. The molecule has 1 heterocycles. The van der Waals surface area contributed by atoms with Crippen LogP contribution in [0.1, 0.15) is 30.9 Å². The van der Waals surface area contributed by atoms with Crippen LogP contribution in [0.4, 0.5) is 4.39 Å². The average Bonchev–Trinajstić information content (AvgIpc) is 2.37. The number of carboxylic acids is 1. The van der Waals surface area contributed by atoms with Crippen LogP contribution in [0.3, 0.4) is 0 Å². The summed E-state index contributed by atoms with van der Waals surface area (Å²) in [5.74, 6) is -1.20. The number of fused-ring (bicyclic) bond motifs is 1. The van der Waals surface area contributed by atoms with Gasteiger partial charge in [-0.3, -0.25) is 4.79 Å². The summed E-state index contributed by atoms with van der Waals surface area (Å²) in [6, 6.07) is 3.03. The lowest BCUT2D eigenvalue weighted by Gasteiger charge is -2.26. The Morgan fingerprint density at radius 3 is 2.40 bits per heavy atom. The first-order valence-electron chi connectivity index (χ1n) is 6.40. The van der Waals surface area contributed by atoms with Gasteiger partial charge in [-0.05, 0) is 37.1 Å². The van der Waals surface area contributed by atoms with E-state index in [9.17, 15) is 14.3 Å². The lowest BCUT2D eigenvalue weighted by molar-refractivity contribution is -0.138. The summed E-state index contributed by atoms with van der Waals surface area (Å²) in [5, 5.41) is 9.25.